The van der Waals surface area contributed by atoms with Crippen LogP contribution >= 0.6 is 0 Å². The molecule has 0 atom stereocenters. The van der Waals surface area contributed by atoms with Crippen molar-refractivity contribution in [3.63, 3.8) is 0 Å². The molecule has 7 radical (unpaired) electrons. The van der Waals surface area contributed by atoms with Crippen molar-refractivity contribution in [1.29, 1.82) is 5.26 Å². The Balaban J connectivity index is -0.0000000170. The van der Waals surface area contributed by atoms with Crippen LogP contribution < -0.4 is 66.4 Å². The molecule has 0 aromatic carbocycles. The van der Waals surface area contributed by atoms with Gasteiger partial charge < -0.3 is 161 Å². The fourth-order valence-electron chi connectivity index (χ4n) is 1.28. The Hall–Kier alpha value is -3.10. The normalized spacial score (nSPS) is 6.55. The van der Waals surface area contributed by atoms with Crippen molar-refractivity contribution in [1.82, 2.24) is 19.6 Å². The van der Waals surface area contributed by atoms with Gasteiger partial charge in [0.05, 0.1) is 6.07 Å². The number of nitriles is 1. The molecule has 33 nitrogen and oxygen atoms in total. The number of carboxylic acids is 11. The van der Waals surface area contributed by atoms with Gasteiger partial charge in [0, 0.05) is 98.8 Å². The number of carboxylic acid groups (broad SMARTS) is 11. The van der Waals surface area contributed by atoms with Gasteiger partial charge in [0.2, 0.25) is 0 Å². The molecule has 0 saturated carbocycles. The van der Waals surface area contributed by atoms with Crippen molar-refractivity contribution in [2.24, 2.45) is 0 Å². The molecule has 0 aliphatic heterocycles. The minimum atomic E-state index is -1.08. The maximum atomic E-state index is 10.1. The third-order valence-corrected chi connectivity index (χ3v) is 2.80. The minimum absolute atomic E-state index is 0. The van der Waals surface area contributed by atoms with Gasteiger partial charge in [-0.2, -0.15) is 5.26 Å². The Morgan fingerprint density at radius 1 is 0.308 bits per heavy atom. The van der Waals surface area contributed by atoms with E-state index in [4.69, 9.17) is 114 Å². The molecule has 0 unspecified atom stereocenters. The first-order valence-electron chi connectivity index (χ1n) is 17.9. The Bertz CT molecular complexity index is 975. The van der Waals surface area contributed by atoms with Crippen LogP contribution in [0.3, 0.4) is 0 Å². The first-order valence-corrected chi connectivity index (χ1v) is 17.9. The van der Waals surface area contributed by atoms with E-state index in [9.17, 15) is 10.2 Å². The Labute approximate surface area is 531 Å². The van der Waals surface area contributed by atoms with Gasteiger partial charge >= 0.3 is 119 Å². The van der Waals surface area contributed by atoms with Crippen LogP contribution in [0.1, 0.15) is 83.1 Å². The van der Waals surface area contributed by atoms with E-state index in [2.05, 4.69) is 9.80 Å². The van der Waals surface area contributed by atoms with Gasteiger partial charge in [-0.3, -0.25) is 0 Å². The third-order valence-electron chi connectivity index (χ3n) is 2.80. The van der Waals surface area contributed by atoms with E-state index in [-0.39, 0.29) is 155 Å². The number of rotatable bonds is 10. The zero-order valence-electron chi connectivity index (χ0n) is 45.8. The molecule has 467 valence electrons. The molecule has 0 amide bonds. The van der Waals surface area contributed by atoms with E-state index < -0.39 is 65.7 Å². The summed E-state index contributed by atoms with van der Waals surface area (Å²) in [6.45, 7) is 17.5. The Morgan fingerprint density at radius 3 is 0.436 bits per heavy atom. The summed E-state index contributed by atoms with van der Waals surface area (Å²) in [5.41, 5.74) is 0. The molecular formula is C38H70Fe7N5O28+4. The Morgan fingerprint density at radius 2 is 0.385 bits per heavy atom. The second kappa shape index (κ2) is 152. The molecule has 0 aromatic rings. The van der Waals surface area contributed by atoms with Crippen LogP contribution in [-0.2, 0) is 194 Å². The van der Waals surface area contributed by atoms with E-state index in [1.165, 1.54) is 6.92 Å². The van der Waals surface area contributed by atoms with Crippen molar-refractivity contribution < 1.29 is 261 Å². The second-order valence-corrected chi connectivity index (χ2v) is 11.3. The van der Waals surface area contributed by atoms with Crippen molar-refractivity contribution in [3.8, 4) is 6.07 Å². The van der Waals surface area contributed by atoms with Crippen LogP contribution in [0, 0.1) is 11.3 Å². The van der Waals surface area contributed by atoms with Gasteiger partial charge in [-0.05, 0) is 132 Å². The first-order chi connectivity index (χ1) is 29.8. The molecule has 0 spiro atoms. The molecule has 0 rings (SSSR count). The van der Waals surface area contributed by atoms with Crippen LogP contribution in [0.2, 0.25) is 0 Å². The van der Waals surface area contributed by atoms with Crippen molar-refractivity contribution in [2.45, 2.75) is 83.1 Å². The summed E-state index contributed by atoms with van der Waals surface area (Å²) < 4.78 is 0. The van der Waals surface area contributed by atoms with E-state index in [0.717, 1.165) is 102 Å². The molecular weight excluding hydrogens is 1370 g/mol. The monoisotopic (exact) mass is 1440 g/mol. The number of hydrogen-bond donors (Lipinski definition) is 0. The van der Waals surface area contributed by atoms with E-state index in [0.29, 0.717) is 13.1 Å². The summed E-state index contributed by atoms with van der Waals surface area (Å²) in [5.74, 6) is -11.9. The van der Waals surface area contributed by atoms with E-state index >= 15 is 0 Å². The average Bonchev–Trinajstić information content (AvgIpc) is 3.01. The van der Waals surface area contributed by atoms with Crippen LogP contribution in [0.15, 0.2) is 0 Å². The standard InChI is InChI=1S/2C7H17N2O.C2H3N.11C2H4O2.7Fe.4O/c2*1-8(2)4-5-9(3)6-7-10;1-2-3;11*1-2(3)4;;;;;;;;;;;/h2*4-7H2,1-3H3;1H3;11*1H3,(H,3,4);;;;;;;;;;;/q2*-1;;;;;;;;;;;;;5*+3;2*+5;4*-2/p-11. The number of nitrogens with zero attached hydrogens (tertiary/aromatic N) is 5. The summed E-state index contributed by atoms with van der Waals surface area (Å²) in [6, 6.07) is 1.75. The predicted octanol–water partition coefficient (Wildman–Crippen LogP) is -16.0. The number of hydrogen-bond acceptors (Lipinski definition) is 29. The number of carbonyl (C=O) groups excluding carboxylic acids is 11. The van der Waals surface area contributed by atoms with Gasteiger partial charge in [0.25, 0.3) is 0 Å². The zero-order chi connectivity index (χ0) is 58.0. The fraction of sp³-hybridized carbons (Fsp3) is 0.684. The van der Waals surface area contributed by atoms with Gasteiger partial charge in [-0.15, -0.1) is 13.2 Å². The van der Waals surface area contributed by atoms with Crippen molar-refractivity contribution in [3.05, 3.63) is 0 Å². The van der Waals surface area contributed by atoms with Gasteiger partial charge in [0.1, 0.15) is 0 Å². The summed E-state index contributed by atoms with van der Waals surface area (Å²) in [4.78, 5) is 106. The van der Waals surface area contributed by atoms with Gasteiger partial charge in [0.15, 0.2) is 0 Å². The molecule has 0 aliphatic rings. The third kappa shape index (κ3) is 2270. The second-order valence-electron chi connectivity index (χ2n) is 11.3. The van der Waals surface area contributed by atoms with Crippen LogP contribution in [0.5, 0.6) is 0 Å². The summed E-state index contributed by atoms with van der Waals surface area (Å²) in [6.07, 6.45) is 0. The molecule has 0 N–H and O–H groups in total. The summed E-state index contributed by atoms with van der Waals surface area (Å²) in [7, 11) is 12.1. The molecule has 0 heterocycles. The SMILES string of the molecule is CC#N.CC(=O)[O-].CC(=O)[O-].CC(=O)[O-].CC(=O)[O-].CC(=O)[O-].CC(=O)[O-].CC(=O)[O-].CC(=O)[O-].CC(=O)[O-].CC(=O)[O-].CC(=O)[O-].CN(C)CCN(C)CC[O-].CN(C)CCN(C)CC[O-].[Fe+3].[Fe+3].[Fe+3].[Fe+3].[Fe+3].[Fe+5].[Fe+5].[O-2].[O-2].[O-2].[O-2]. The largest absolute Gasteiger partial charge is 5.00 e. The van der Waals surface area contributed by atoms with E-state index in [1.54, 1.807) is 6.07 Å². The van der Waals surface area contributed by atoms with Gasteiger partial charge in [-0.1, -0.05) is 0 Å². The first kappa shape index (κ1) is 164. The van der Waals surface area contributed by atoms with Crippen molar-refractivity contribution in [2.75, 3.05) is 94.8 Å². The Kier molecular flexibility index (Phi) is 319. The molecule has 40 heteroatoms. The van der Waals surface area contributed by atoms with Gasteiger partial charge in [-0.25, -0.2) is 0 Å². The van der Waals surface area contributed by atoms with Crippen LogP contribution in [0.25, 0.3) is 0 Å². The maximum Gasteiger partial charge on any atom is 5.00 e. The number of likely N-dealkylation sites (N-methyl/N-ethyl adjacent to an activating group) is 4. The average molecular weight is 1440 g/mol. The van der Waals surface area contributed by atoms with Crippen LogP contribution in [0.4, 0.5) is 0 Å². The molecule has 78 heavy (non-hydrogen) atoms. The topological polar surface area (TPSA) is 638 Å². The molecule has 0 saturated heterocycles. The van der Waals surface area contributed by atoms with Crippen LogP contribution in [-0.4, -0.2) is 180 Å². The minimum Gasteiger partial charge on any atom is -2.00 e. The maximum absolute atomic E-state index is 10.1. The number of aliphatic carboxylic acids is 11. The molecule has 0 bridgehead atoms. The quantitative estimate of drug-likeness (QED) is 0.183. The summed E-state index contributed by atoms with van der Waals surface area (Å²) >= 11 is 0. The predicted molar refractivity (Wildman–Crippen MR) is 213 cm³/mol. The van der Waals surface area contributed by atoms with Crippen molar-refractivity contribution >= 4 is 65.7 Å². The molecule has 0 aromatic heterocycles. The number of carbonyl (C=O) groups is 11. The van der Waals surface area contributed by atoms with E-state index in [1.807, 2.05) is 52.1 Å². The smallest absolute Gasteiger partial charge is 2.00 e. The molecule has 0 aliphatic carbocycles. The summed E-state index contributed by atoms with van der Waals surface area (Å²) in [5, 5.41) is 125. The fourth-order valence-corrected chi connectivity index (χ4v) is 1.28. The molecule has 0 fully saturated rings. The zero-order valence-corrected chi connectivity index (χ0v) is 53.5.